The summed E-state index contributed by atoms with van der Waals surface area (Å²) in [6.07, 6.45) is 1.57. The predicted octanol–water partition coefficient (Wildman–Crippen LogP) is 2.15. The zero-order chi connectivity index (χ0) is 13.8. The monoisotopic (exact) mass is 280 g/mol. The van der Waals surface area contributed by atoms with Crippen molar-refractivity contribution >= 4 is 17.2 Å². The van der Waals surface area contributed by atoms with Gasteiger partial charge in [0.2, 0.25) is 0 Å². The lowest BCUT2D eigenvalue weighted by Gasteiger charge is -2.18. The third kappa shape index (κ3) is 3.21. The predicted molar refractivity (Wildman–Crippen MR) is 73.0 cm³/mol. The minimum atomic E-state index is -0.234. The number of carbonyl (C=O) groups is 1. The first-order valence-corrected chi connectivity index (χ1v) is 6.91. The number of furan rings is 1. The van der Waals surface area contributed by atoms with E-state index >= 15 is 0 Å². The molecule has 0 aliphatic rings. The van der Waals surface area contributed by atoms with Crippen LogP contribution in [-0.2, 0) is 0 Å². The van der Waals surface area contributed by atoms with E-state index in [-0.39, 0.29) is 24.5 Å². The number of carbonyl (C=O) groups excluding carboxylic acids is 1. The molecule has 0 saturated carbocycles. The lowest BCUT2D eigenvalue weighted by Crippen LogP contribution is -2.38. The first-order valence-electron chi connectivity index (χ1n) is 6.03. The number of aromatic nitrogens is 1. The van der Waals surface area contributed by atoms with Gasteiger partial charge in [0.05, 0.1) is 6.26 Å². The number of nitrogens with zero attached hydrogens (tertiary/aromatic N) is 1. The number of rotatable bonds is 5. The summed E-state index contributed by atoms with van der Waals surface area (Å²) >= 11 is 1.36. The highest BCUT2D eigenvalue weighted by Crippen LogP contribution is 2.23. The summed E-state index contributed by atoms with van der Waals surface area (Å²) < 4.78 is 5.23. The number of amides is 1. The van der Waals surface area contributed by atoms with Gasteiger partial charge in [-0.25, -0.2) is 4.98 Å². The quantitative estimate of drug-likeness (QED) is 0.880. The van der Waals surface area contributed by atoms with Crippen LogP contribution < -0.4 is 5.32 Å². The van der Waals surface area contributed by atoms with E-state index in [0.717, 1.165) is 0 Å². The van der Waals surface area contributed by atoms with Crippen molar-refractivity contribution in [3.05, 3.63) is 29.5 Å². The average molecular weight is 280 g/mol. The zero-order valence-electron chi connectivity index (χ0n) is 10.8. The molecule has 2 unspecified atom stereocenters. The van der Waals surface area contributed by atoms with E-state index in [1.165, 1.54) is 11.3 Å². The molecule has 0 aliphatic carbocycles. The van der Waals surface area contributed by atoms with Gasteiger partial charge in [0.25, 0.3) is 5.91 Å². The van der Waals surface area contributed by atoms with Crippen molar-refractivity contribution in [3.63, 3.8) is 0 Å². The highest BCUT2D eigenvalue weighted by molar-refractivity contribution is 7.13. The molecule has 2 heterocycles. The largest absolute Gasteiger partial charge is 0.462 e. The first kappa shape index (κ1) is 13.8. The van der Waals surface area contributed by atoms with Crippen LogP contribution in [0.5, 0.6) is 0 Å². The van der Waals surface area contributed by atoms with Gasteiger partial charge in [0.1, 0.15) is 5.69 Å². The fraction of sp³-hybridized carbons (Fsp3) is 0.385. The fourth-order valence-electron chi connectivity index (χ4n) is 1.47. The Labute approximate surface area is 115 Å². The third-order valence-electron chi connectivity index (χ3n) is 2.97. The molecule has 0 bridgehead atoms. The van der Waals surface area contributed by atoms with Crippen molar-refractivity contribution in [3.8, 4) is 10.8 Å². The number of aliphatic hydroxyl groups is 1. The first-order chi connectivity index (χ1) is 9.11. The second-order valence-corrected chi connectivity index (χ2v) is 5.30. The maximum absolute atomic E-state index is 12.0. The van der Waals surface area contributed by atoms with Crippen LogP contribution in [0.2, 0.25) is 0 Å². The summed E-state index contributed by atoms with van der Waals surface area (Å²) in [4.78, 5) is 16.2. The molecule has 0 aromatic carbocycles. The van der Waals surface area contributed by atoms with Crippen LogP contribution in [0, 0.1) is 5.92 Å². The van der Waals surface area contributed by atoms with Crippen LogP contribution >= 0.6 is 11.3 Å². The molecule has 6 heteroatoms. The summed E-state index contributed by atoms with van der Waals surface area (Å²) in [5, 5.41) is 14.2. The molecule has 0 fully saturated rings. The fourth-order valence-corrected chi connectivity index (χ4v) is 2.24. The Hall–Kier alpha value is -1.66. The molecule has 2 aromatic rings. The van der Waals surface area contributed by atoms with Gasteiger partial charge in [0, 0.05) is 18.0 Å². The number of aliphatic hydroxyl groups excluding tert-OH is 1. The molecular weight excluding hydrogens is 264 g/mol. The van der Waals surface area contributed by atoms with E-state index < -0.39 is 0 Å². The average Bonchev–Trinajstić information content (AvgIpc) is 3.07. The Morgan fingerprint density at radius 3 is 3.00 bits per heavy atom. The minimum absolute atomic E-state index is 0.00660. The summed E-state index contributed by atoms with van der Waals surface area (Å²) in [5.74, 6) is 0.426. The lowest BCUT2D eigenvalue weighted by molar-refractivity contribution is 0.0912. The number of hydrogen-bond acceptors (Lipinski definition) is 5. The summed E-state index contributed by atoms with van der Waals surface area (Å²) in [6.45, 7) is 3.77. The van der Waals surface area contributed by atoms with Crippen LogP contribution in [0.1, 0.15) is 24.3 Å². The Balaban J connectivity index is 2.04. The number of thiazole rings is 1. The van der Waals surface area contributed by atoms with Gasteiger partial charge in [-0.15, -0.1) is 11.3 Å². The Morgan fingerprint density at radius 2 is 2.37 bits per heavy atom. The maximum Gasteiger partial charge on any atom is 0.270 e. The van der Waals surface area contributed by atoms with E-state index in [4.69, 9.17) is 9.52 Å². The zero-order valence-corrected chi connectivity index (χ0v) is 11.6. The molecule has 0 aliphatic heterocycles. The molecule has 0 spiro atoms. The molecule has 5 nitrogen and oxygen atoms in total. The van der Waals surface area contributed by atoms with Gasteiger partial charge in [-0.3, -0.25) is 4.79 Å². The summed E-state index contributed by atoms with van der Waals surface area (Å²) in [7, 11) is 0. The second kappa shape index (κ2) is 5.99. The smallest absolute Gasteiger partial charge is 0.270 e. The van der Waals surface area contributed by atoms with E-state index in [1.807, 2.05) is 13.8 Å². The molecule has 0 radical (unpaired) electrons. The van der Waals surface area contributed by atoms with Gasteiger partial charge in [-0.1, -0.05) is 6.92 Å². The standard InChI is InChI=1S/C13H16N2O3S/c1-8(6-16)9(2)14-12(17)10-7-19-13(15-10)11-4-3-5-18-11/h3-5,7-9,16H,6H2,1-2H3,(H,14,17). The molecule has 2 atom stereocenters. The topological polar surface area (TPSA) is 75.4 Å². The minimum Gasteiger partial charge on any atom is -0.462 e. The van der Waals surface area contributed by atoms with Crippen molar-refractivity contribution in [1.82, 2.24) is 10.3 Å². The molecule has 2 rings (SSSR count). The van der Waals surface area contributed by atoms with Crippen LogP contribution in [-0.4, -0.2) is 28.6 Å². The van der Waals surface area contributed by atoms with Crippen molar-refractivity contribution in [2.75, 3.05) is 6.61 Å². The van der Waals surface area contributed by atoms with Gasteiger partial charge >= 0.3 is 0 Å². The van der Waals surface area contributed by atoms with Crippen LogP contribution in [0.3, 0.4) is 0 Å². The lowest BCUT2D eigenvalue weighted by atomic mass is 10.1. The van der Waals surface area contributed by atoms with Crippen LogP contribution in [0.25, 0.3) is 10.8 Å². The second-order valence-electron chi connectivity index (χ2n) is 4.44. The van der Waals surface area contributed by atoms with Crippen LogP contribution in [0.15, 0.2) is 28.2 Å². The molecule has 19 heavy (non-hydrogen) atoms. The molecule has 1 amide bonds. The van der Waals surface area contributed by atoms with Crippen molar-refractivity contribution in [2.24, 2.45) is 5.92 Å². The van der Waals surface area contributed by atoms with Crippen molar-refractivity contribution in [1.29, 1.82) is 0 Å². The highest BCUT2D eigenvalue weighted by Gasteiger charge is 2.18. The SMILES string of the molecule is CC(CO)C(C)NC(=O)c1csc(-c2ccco2)n1. The normalized spacial score (nSPS) is 14.1. The summed E-state index contributed by atoms with van der Waals surface area (Å²) in [5.41, 5.74) is 0.369. The van der Waals surface area contributed by atoms with E-state index in [9.17, 15) is 4.79 Å². The van der Waals surface area contributed by atoms with Gasteiger partial charge in [-0.2, -0.15) is 0 Å². The van der Waals surface area contributed by atoms with Gasteiger partial charge in [-0.05, 0) is 25.0 Å². The van der Waals surface area contributed by atoms with Gasteiger partial charge in [0.15, 0.2) is 10.8 Å². The van der Waals surface area contributed by atoms with Crippen molar-refractivity contribution in [2.45, 2.75) is 19.9 Å². The molecule has 102 valence electrons. The Bertz CT molecular complexity index is 536. The number of nitrogens with one attached hydrogen (secondary N) is 1. The molecular formula is C13H16N2O3S. The van der Waals surface area contributed by atoms with E-state index in [2.05, 4.69) is 10.3 Å². The summed E-state index contributed by atoms with van der Waals surface area (Å²) in [6, 6.07) is 3.48. The molecule has 2 N–H and O–H groups in total. The van der Waals surface area contributed by atoms with Crippen molar-refractivity contribution < 1.29 is 14.3 Å². The highest BCUT2D eigenvalue weighted by atomic mass is 32.1. The van der Waals surface area contributed by atoms with E-state index in [1.54, 1.807) is 23.8 Å². The maximum atomic E-state index is 12.0. The molecule has 2 aromatic heterocycles. The third-order valence-corrected chi connectivity index (χ3v) is 3.83. The number of hydrogen-bond donors (Lipinski definition) is 2. The molecule has 0 saturated heterocycles. The Kier molecular flexibility index (Phi) is 4.34. The van der Waals surface area contributed by atoms with Crippen LogP contribution in [0.4, 0.5) is 0 Å². The van der Waals surface area contributed by atoms with Gasteiger partial charge < -0.3 is 14.8 Å². The Morgan fingerprint density at radius 1 is 1.58 bits per heavy atom. The van der Waals surface area contributed by atoms with E-state index in [0.29, 0.717) is 16.5 Å².